The van der Waals surface area contributed by atoms with E-state index in [1.54, 1.807) is 0 Å². The Morgan fingerprint density at radius 2 is 2.22 bits per heavy atom. The number of nitrogens with one attached hydrogen (secondary N) is 1. The second kappa shape index (κ2) is 5.11. The predicted molar refractivity (Wildman–Crippen MR) is 79.7 cm³/mol. The van der Waals surface area contributed by atoms with Gasteiger partial charge in [0.2, 0.25) is 0 Å². The first-order valence-corrected chi connectivity index (χ1v) is 8.62. The molecule has 0 bridgehead atoms. The van der Waals surface area contributed by atoms with Crippen molar-refractivity contribution in [2.75, 3.05) is 11.5 Å². The van der Waals surface area contributed by atoms with Crippen molar-refractivity contribution < 1.29 is 4.21 Å². The van der Waals surface area contributed by atoms with Crippen molar-refractivity contribution in [3.63, 3.8) is 0 Å². The molecule has 1 fully saturated rings. The maximum atomic E-state index is 11.9. The molecule has 1 saturated heterocycles. The molecule has 1 aliphatic heterocycles. The van der Waals surface area contributed by atoms with Crippen LogP contribution in [0.15, 0.2) is 30.3 Å². The van der Waals surface area contributed by atoms with E-state index in [1.165, 1.54) is 15.0 Å². The van der Waals surface area contributed by atoms with Crippen molar-refractivity contribution in [3.8, 4) is 0 Å². The van der Waals surface area contributed by atoms with E-state index in [0.29, 0.717) is 6.04 Å². The molecule has 18 heavy (non-hydrogen) atoms. The van der Waals surface area contributed by atoms with Gasteiger partial charge in [-0.3, -0.25) is 4.21 Å². The van der Waals surface area contributed by atoms with E-state index < -0.39 is 10.8 Å². The third kappa shape index (κ3) is 2.51. The highest BCUT2D eigenvalue weighted by Gasteiger charge is 2.23. The summed E-state index contributed by atoms with van der Waals surface area (Å²) in [6.45, 7) is 2.18. The van der Waals surface area contributed by atoms with Crippen molar-refractivity contribution >= 4 is 32.2 Å². The van der Waals surface area contributed by atoms with Crippen LogP contribution >= 0.6 is 11.3 Å². The Bertz CT molecular complexity index is 545. The third-order valence-corrected chi connectivity index (χ3v) is 6.03. The Kier molecular flexibility index (Phi) is 3.50. The van der Waals surface area contributed by atoms with Crippen molar-refractivity contribution in [1.29, 1.82) is 0 Å². The van der Waals surface area contributed by atoms with Gasteiger partial charge in [0.25, 0.3) is 0 Å². The molecule has 0 spiro atoms. The molecule has 0 aliphatic carbocycles. The SMILES string of the molecule is CC1CCS(=O)CC(c2cc3ccccc3s2)N1. The smallest absolute Gasteiger partial charge is 0.0534 e. The van der Waals surface area contributed by atoms with Crippen molar-refractivity contribution in [3.05, 3.63) is 35.2 Å². The van der Waals surface area contributed by atoms with Gasteiger partial charge in [-0.2, -0.15) is 0 Å². The molecule has 0 saturated carbocycles. The van der Waals surface area contributed by atoms with E-state index >= 15 is 0 Å². The molecule has 1 aromatic carbocycles. The highest BCUT2D eigenvalue weighted by atomic mass is 32.2. The second-order valence-electron chi connectivity index (χ2n) is 4.91. The van der Waals surface area contributed by atoms with E-state index in [1.807, 2.05) is 11.3 Å². The van der Waals surface area contributed by atoms with Gasteiger partial charge in [-0.25, -0.2) is 0 Å². The third-order valence-electron chi connectivity index (χ3n) is 3.40. The zero-order valence-electron chi connectivity index (χ0n) is 10.4. The number of hydrogen-bond acceptors (Lipinski definition) is 3. The summed E-state index contributed by atoms with van der Waals surface area (Å²) in [7, 11) is -0.686. The number of thiophene rings is 1. The van der Waals surface area contributed by atoms with Gasteiger partial charge in [0, 0.05) is 37.9 Å². The molecule has 2 nitrogen and oxygen atoms in total. The van der Waals surface area contributed by atoms with Crippen molar-refractivity contribution in [1.82, 2.24) is 5.32 Å². The molecule has 4 heteroatoms. The first-order chi connectivity index (χ1) is 8.72. The molecule has 1 aromatic heterocycles. The van der Waals surface area contributed by atoms with Gasteiger partial charge < -0.3 is 5.32 Å². The van der Waals surface area contributed by atoms with Gasteiger partial charge in [-0.05, 0) is 30.9 Å². The lowest BCUT2D eigenvalue weighted by Gasteiger charge is -2.17. The van der Waals surface area contributed by atoms with Crippen LogP contribution in [-0.4, -0.2) is 21.8 Å². The fourth-order valence-electron chi connectivity index (χ4n) is 2.39. The highest BCUT2D eigenvalue weighted by molar-refractivity contribution is 7.85. The van der Waals surface area contributed by atoms with E-state index in [0.717, 1.165) is 17.9 Å². The molecular weight excluding hydrogens is 262 g/mol. The molecule has 0 amide bonds. The van der Waals surface area contributed by atoms with Crippen LogP contribution in [0.1, 0.15) is 24.3 Å². The standard InChI is InChI=1S/C14H17NOS2/c1-10-6-7-18(16)9-12(15-10)14-8-11-4-2-3-5-13(11)17-14/h2-5,8,10,12,15H,6-7,9H2,1H3. The molecule has 96 valence electrons. The average Bonchev–Trinajstić information content (AvgIpc) is 2.71. The molecule has 1 N–H and O–H groups in total. The van der Waals surface area contributed by atoms with Crippen molar-refractivity contribution in [2.45, 2.75) is 25.4 Å². The summed E-state index contributed by atoms with van der Waals surface area (Å²) in [5, 5.41) is 4.90. The zero-order chi connectivity index (χ0) is 12.5. The first kappa shape index (κ1) is 12.3. The Hall–Kier alpha value is -0.710. The summed E-state index contributed by atoms with van der Waals surface area (Å²) in [4.78, 5) is 1.32. The topological polar surface area (TPSA) is 29.1 Å². The molecule has 1 aliphatic rings. The summed E-state index contributed by atoms with van der Waals surface area (Å²) >= 11 is 1.82. The maximum absolute atomic E-state index is 11.9. The Morgan fingerprint density at radius 1 is 1.39 bits per heavy atom. The van der Waals surface area contributed by atoms with Crippen LogP contribution in [0.5, 0.6) is 0 Å². The van der Waals surface area contributed by atoms with E-state index in [4.69, 9.17) is 0 Å². The van der Waals surface area contributed by atoms with Crippen molar-refractivity contribution in [2.24, 2.45) is 0 Å². The first-order valence-electron chi connectivity index (χ1n) is 6.32. The zero-order valence-corrected chi connectivity index (χ0v) is 12.0. The summed E-state index contributed by atoms with van der Waals surface area (Å²) < 4.78 is 13.2. The predicted octanol–water partition coefficient (Wildman–Crippen LogP) is 3.07. The van der Waals surface area contributed by atoms with E-state index in [9.17, 15) is 4.21 Å². The van der Waals surface area contributed by atoms with Gasteiger partial charge in [0.1, 0.15) is 0 Å². The Labute approximate surface area is 114 Å². The van der Waals surface area contributed by atoms with Crippen LogP contribution < -0.4 is 5.32 Å². The Morgan fingerprint density at radius 3 is 3.06 bits per heavy atom. The number of fused-ring (bicyclic) bond motifs is 1. The molecule has 3 atom stereocenters. The monoisotopic (exact) mass is 279 g/mol. The van der Waals surface area contributed by atoms with Gasteiger partial charge in [-0.15, -0.1) is 11.3 Å². The van der Waals surface area contributed by atoms with Gasteiger partial charge in [-0.1, -0.05) is 18.2 Å². The minimum absolute atomic E-state index is 0.251. The van der Waals surface area contributed by atoms with E-state index in [2.05, 4.69) is 42.6 Å². The number of hydrogen-bond donors (Lipinski definition) is 1. The lowest BCUT2D eigenvalue weighted by molar-refractivity contribution is 0.489. The van der Waals surface area contributed by atoms with Crippen LogP contribution in [0.25, 0.3) is 10.1 Å². The summed E-state index contributed by atoms with van der Waals surface area (Å²) in [5.74, 6) is 1.58. The quantitative estimate of drug-likeness (QED) is 0.869. The summed E-state index contributed by atoms with van der Waals surface area (Å²) in [6.07, 6.45) is 1.01. The van der Waals surface area contributed by atoms with Crippen LogP contribution in [0.3, 0.4) is 0 Å². The van der Waals surface area contributed by atoms with Gasteiger partial charge in [0.15, 0.2) is 0 Å². The van der Waals surface area contributed by atoms with E-state index in [-0.39, 0.29) is 6.04 Å². The highest BCUT2D eigenvalue weighted by Crippen LogP contribution is 2.31. The lowest BCUT2D eigenvalue weighted by atomic mass is 10.2. The lowest BCUT2D eigenvalue weighted by Crippen LogP contribution is -2.30. The fraction of sp³-hybridized carbons (Fsp3) is 0.429. The molecule has 2 aromatic rings. The minimum atomic E-state index is -0.686. The molecule has 3 unspecified atom stereocenters. The second-order valence-corrected chi connectivity index (χ2v) is 7.64. The number of benzene rings is 1. The maximum Gasteiger partial charge on any atom is 0.0534 e. The van der Waals surface area contributed by atoms with Crippen LogP contribution in [0.2, 0.25) is 0 Å². The average molecular weight is 279 g/mol. The van der Waals surface area contributed by atoms with Crippen LogP contribution in [-0.2, 0) is 10.8 Å². The molecule has 0 radical (unpaired) electrons. The Balaban J connectivity index is 1.94. The minimum Gasteiger partial charge on any atom is -0.306 e. The van der Waals surface area contributed by atoms with Gasteiger partial charge >= 0.3 is 0 Å². The summed E-state index contributed by atoms with van der Waals surface area (Å²) in [6, 6.07) is 11.4. The molecular formula is C14H17NOS2. The molecule has 2 heterocycles. The fourth-order valence-corrected chi connectivity index (χ4v) is 5.05. The normalized spacial score (nSPS) is 29.3. The van der Waals surface area contributed by atoms with Crippen LogP contribution in [0.4, 0.5) is 0 Å². The van der Waals surface area contributed by atoms with Crippen LogP contribution in [0, 0.1) is 0 Å². The summed E-state index contributed by atoms with van der Waals surface area (Å²) in [5.41, 5.74) is 0. The van der Waals surface area contributed by atoms with Gasteiger partial charge in [0.05, 0.1) is 6.04 Å². The largest absolute Gasteiger partial charge is 0.306 e. The molecule has 3 rings (SSSR count). The number of rotatable bonds is 1.